The van der Waals surface area contributed by atoms with Crippen molar-refractivity contribution in [1.82, 2.24) is 0 Å². The Morgan fingerprint density at radius 1 is 0.793 bits per heavy atom. The molecule has 4 heteroatoms. The molecule has 6 atom stereocenters. The molecule has 6 unspecified atom stereocenters. The lowest BCUT2D eigenvalue weighted by molar-refractivity contribution is -0.153. The highest BCUT2D eigenvalue weighted by Gasteiger charge is 2.35. The molecule has 0 aromatic heterocycles. The quantitative estimate of drug-likeness (QED) is 0.404. The number of carbonyl (C=O) groups excluding carboxylic acids is 2. The van der Waals surface area contributed by atoms with Crippen LogP contribution in [0, 0.1) is 35.5 Å². The molecule has 2 rings (SSSR count). The van der Waals surface area contributed by atoms with Crippen molar-refractivity contribution < 1.29 is 19.1 Å². The van der Waals surface area contributed by atoms with Crippen LogP contribution in [0.3, 0.4) is 0 Å². The van der Waals surface area contributed by atoms with Gasteiger partial charge in [0.1, 0.15) is 12.2 Å². The molecule has 0 saturated heterocycles. The highest BCUT2D eigenvalue weighted by Crippen LogP contribution is 2.36. The van der Waals surface area contributed by atoms with Crippen LogP contribution in [0.4, 0.5) is 0 Å². The van der Waals surface area contributed by atoms with E-state index in [9.17, 15) is 9.59 Å². The lowest BCUT2D eigenvalue weighted by Crippen LogP contribution is -2.36. The van der Waals surface area contributed by atoms with Gasteiger partial charge >= 0.3 is 11.9 Å². The van der Waals surface area contributed by atoms with Crippen molar-refractivity contribution in [3.8, 4) is 0 Å². The van der Waals surface area contributed by atoms with Crippen LogP contribution in [0.1, 0.15) is 87.0 Å². The summed E-state index contributed by atoms with van der Waals surface area (Å²) in [5, 5.41) is 0. The maximum absolute atomic E-state index is 12.6. The van der Waals surface area contributed by atoms with Gasteiger partial charge in [-0.2, -0.15) is 0 Å². The molecule has 2 saturated carbocycles. The number of rotatable bonds is 6. The van der Waals surface area contributed by atoms with Crippen molar-refractivity contribution in [2.24, 2.45) is 35.5 Å². The van der Waals surface area contributed by atoms with Crippen LogP contribution in [0.2, 0.25) is 0 Å². The molecule has 0 heterocycles. The molecular formula is C25H42O4. The van der Waals surface area contributed by atoms with E-state index in [4.69, 9.17) is 9.47 Å². The van der Waals surface area contributed by atoms with Gasteiger partial charge in [0, 0.05) is 11.6 Å². The minimum Gasteiger partial charge on any atom is -0.459 e. The van der Waals surface area contributed by atoms with E-state index in [1.165, 1.54) is 18.9 Å². The van der Waals surface area contributed by atoms with Crippen LogP contribution in [-0.2, 0) is 19.1 Å². The Bertz CT molecular complexity index is 592. The molecule has 0 radical (unpaired) electrons. The lowest BCUT2D eigenvalue weighted by atomic mass is 9.75. The first-order valence-electron chi connectivity index (χ1n) is 11.7. The van der Waals surface area contributed by atoms with Gasteiger partial charge in [0.25, 0.3) is 0 Å². The molecule has 29 heavy (non-hydrogen) atoms. The summed E-state index contributed by atoms with van der Waals surface area (Å²) >= 11 is 0. The summed E-state index contributed by atoms with van der Waals surface area (Å²) in [7, 11) is 0. The summed E-state index contributed by atoms with van der Waals surface area (Å²) in [6.07, 6.45) is 7.59. The predicted molar refractivity (Wildman–Crippen MR) is 116 cm³/mol. The van der Waals surface area contributed by atoms with Gasteiger partial charge in [-0.15, -0.1) is 0 Å². The molecular weight excluding hydrogens is 364 g/mol. The molecule has 166 valence electrons. The second-order valence-corrected chi connectivity index (χ2v) is 10.4. The van der Waals surface area contributed by atoms with Crippen molar-refractivity contribution in [2.45, 2.75) is 99.2 Å². The Morgan fingerprint density at radius 3 is 1.69 bits per heavy atom. The minimum atomic E-state index is -0.415. The maximum atomic E-state index is 12.6. The first kappa shape index (κ1) is 24.0. The van der Waals surface area contributed by atoms with Gasteiger partial charge < -0.3 is 9.47 Å². The van der Waals surface area contributed by atoms with Crippen molar-refractivity contribution in [2.75, 3.05) is 0 Å². The number of hydrogen-bond acceptors (Lipinski definition) is 4. The van der Waals surface area contributed by atoms with Gasteiger partial charge in [-0.25, -0.2) is 9.59 Å². The highest BCUT2D eigenvalue weighted by molar-refractivity contribution is 5.96. The van der Waals surface area contributed by atoms with Crippen molar-refractivity contribution >= 4 is 11.9 Å². The molecule has 2 aliphatic carbocycles. The van der Waals surface area contributed by atoms with E-state index in [-0.39, 0.29) is 18.2 Å². The van der Waals surface area contributed by atoms with Gasteiger partial charge in [-0.1, -0.05) is 54.4 Å². The standard InChI is InChI=1S/C25H42O4/c1-15(2)20-10-8-17(5)12-22(20)28-24(26)14-19(7)25(27)29-23-13-18(6)9-11-21(23)16(3)4/h14-18,20-23H,8-13H2,1-7H3/b19-14-. The smallest absolute Gasteiger partial charge is 0.334 e. The molecule has 0 bridgehead atoms. The molecule has 2 fully saturated rings. The highest BCUT2D eigenvalue weighted by atomic mass is 16.5. The summed E-state index contributed by atoms with van der Waals surface area (Å²) < 4.78 is 11.6. The summed E-state index contributed by atoms with van der Waals surface area (Å²) in [5.41, 5.74) is 0.334. The van der Waals surface area contributed by atoms with Gasteiger partial charge in [-0.05, 0) is 68.1 Å². The average molecular weight is 407 g/mol. The van der Waals surface area contributed by atoms with E-state index in [0.29, 0.717) is 41.1 Å². The van der Waals surface area contributed by atoms with Crippen molar-refractivity contribution in [3.05, 3.63) is 11.6 Å². The van der Waals surface area contributed by atoms with E-state index in [1.807, 2.05) is 0 Å². The first-order valence-corrected chi connectivity index (χ1v) is 11.7. The molecule has 0 spiro atoms. The summed E-state index contributed by atoms with van der Waals surface area (Å²) in [6, 6.07) is 0. The molecule has 0 amide bonds. The fourth-order valence-electron chi connectivity index (χ4n) is 5.15. The zero-order valence-corrected chi connectivity index (χ0v) is 19.6. The predicted octanol–water partition coefficient (Wildman–Crippen LogP) is 5.94. The van der Waals surface area contributed by atoms with E-state index in [1.54, 1.807) is 6.92 Å². The molecule has 0 aromatic rings. The minimum absolute atomic E-state index is 0.0594. The van der Waals surface area contributed by atoms with Crippen LogP contribution in [-0.4, -0.2) is 24.1 Å². The van der Waals surface area contributed by atoms with Crippen molar-refractivity contribution in [1.29, 1.82) is 0 Å². The van der Waals surface area contributed by atoms with Crippen LogP contribution in [0.15, 0.2) is 11.6 Å². The van der Waals surface area contributed by atoms with Gasteiger partial charge in [0.2, 0.25) is 0 Å². The third-order valence-electron chi connectivity index (χ3n) is 7.10. The fourth-order valence-corrected chi connectivity index (χ4v) is 5.15. The van der Waals surface area contributed by atoms with E-state index in [2.05, 4.69) is 41.5 Å². The average Bonchev–Trinajstić information content (AvgIpc) is 2.61. The molecule has 4 nitrogen and oxygen atoms in total. The zero-order valence-electron chi connectivity index (χ0n) is 19.6. The third-order valence-corrected chi connectivity index (χ3v) is 7.10. The van der Waals surface area contributed by atoms with Gasteiger partial charge in [-0.3, -0.25) is 0 Å². The third kappa shape index (κ3) is 6.86. The largest absolute Gasteiger partial charge is 0.459 e. The van der Waals surface area contributed by atoms with E-state index >= 15 is 0 Å². The molecule has 2 aliphatic rings. The number of esters is 2. The molecule has 0 N–H and O–H groups in total. The summed E-state index contributed by atoms with van der Waals surface area (Å²) in [5.74, 6) is 2.09. The fraction of sp³-hybridized carbons (Fsp3) is 0.840. The van der Waals surface area contributed by atoms with Crippen molar-refractivity contribution in [3.63, 3.8) is 0 Å². The Kier molecular flexibility index (Phi) is 8.78. The van der Waals surface area contributed by atoms with Crippen LogP contribution >= 0.6 is 0 Å². The van der Waals surface area contributed by atoms with Crippen LogP contribution in [0.25, 0.3) is 0 Å². The summed E-state index contributed by atoms with van der Waals surface area (Å²) in [6.45, 7) is 14.9. The lowest BCUT2D eigenvalue weighted by Gasteiger charge is -2.37. The van der Waals surface area contributed by atoms with Crippen LogP contribution in [0.5, 0.6) is 0 Å². The maximum Gasteiger partial charge on any atom is 0.334 e. The first-order chi connectivity index (χ1) is 13.6. The number of carbonyl (C=O) groups is 2. The Hall–Kier alpha value is -1.32. The Morgan fingerprint density at radius 2 is 1.24 bits per heavy atom. The monoisotopic (exact) mass is 406 g/mol. The zero-order chi connectivity index (χ0) is 21.7. The Labute approximate surface area is 177 Å². The second kappa shape index (κ2) is 10.6. The SMILES string of the molecule is C/C(=C/C(=O)OC1CC(C)CCC1C(C)C)C(=O)OC1CC(C)CCC1C(C)C. The van der Waals surface area contributed by atoms with E-state index in [0.717, 1.165) is 25.7 Å². The molecule has 0 aromatic carbocycles. The van der Waals surface area contributed by atoms with Crippen LogP contribution < -0.4 is 0 Å². The van der Waals surface area contributed by atoms with Gasteiger partial charge in [0.15, 0.2) is 0 Å². The number of hydrogen-bond donors (Lipinski definition) is 0. The molecule has 0 aliphatic heterocycles. The number of ether oxygens (including phenoxy) is 2. The summed E-state index contributed by atoms with van der Waals surface area (Å²) in [4.78, 5) is 25.2. The van der Waals surface area contributed by atoms with E-state index < -0.39 is 5.97 Å². The normalized spacial score (nSPS) is 33.6. The second-order valence-electron chi connectivity index (χ2n) is 10.4. The Balaban J connectivity index is 1.97. The topological polar surface area (TPSA) is 52.6 Å². The van der Waals surface area contributed by atoms with Gasteiger partial charge in [0.05, 0.1) is 0 Å².